The van der Waals surface area contributed by atoms with Gasteiger partial charge in [0.05, 0.1) is 11.8 Å². The molecule has 0 aromatic heterocycles. The number of rotatable bonds is 7. The molecule has 6 nitrogen and oxygen atoms in total. The molecule has 144 valence electrons. The molecule has 2 atom stereocenters. The smallest absolute Gasteiger partial charge is 0.311 e. The van der Waals surface area contributed by atoms with Crippen molar-refractivity contribution in [2.45, 2.75) is 60.3 Å². The fraction of sp³-hybridized carbons (Fsp3) is 0.526. The largest absolute Gasteiger partial charge is 0.481 e. The molecule has 1 aromatic rings. The zero-order chi connectivity index (χ0) is 20.4. The van der Waals surface area contributed by atoms with E-state index in [-0.39, 0.29) is 12.8 Å². The minimum atomic E-state index is -1.31. The molecule has 0 radical (unpaired) electrons. The monoisotopic (exact) mass is 356 g/mol. The van der Waals surface area contributed by atoms with Gasteiger partial charge in [-0.1, -0.05) is 71.9 Å². The summed E-state index contributed by atoms with van der Waals surface area (Å²) in [6, 6.07) is 7.96. The van der Waals surface area contributed by atoms with Gasteiger partial charge in [-0.25, -0.2) is 0 Å². The molecule has 0 bridgehead atoms. The second-order valence-corrected chi connectivity index (χ2v) is 4.10. The highest BCUT2D eigenvalue weighted by Gasteiger charge is 2.35. The molecule has 0 saturated carbocycles. The van der Waals surface area contributed by atoms with Crippen LogP contribution in [-0.4, -0.2) is 33.2 Å². The number of hydrogen-bond donors (Lipinski definition) is 3. The van der Waals surface area contributed by atoms with Crippen LogP contribution in [0.2, 0.25) is 0 Å². The van der Waals surface area contributed by atoms with E-state index in [1.54, 1.807) is 18.2 Å². The molecule has 25 heavy (non-hydrogen) atoms. The van der Waals surface area contributed by atoms with E-state index in [9.17, 15) is 19.5 Å². The van der Waals surface area contributed by atoms with Gasteiger partial charge in [-0.2, -0.15) is 0 Å². The summed E-state index contributed by atoms with van der Waals surface area (Å²) in [6.45, 7) is 12.0. The second kappa shape index (κ2) is 18.0. The Bertz CT molecular complexity index is 470. The fourth-order valence-corrected chi connectivity index (χ4v) is 1.92. The summed E-state index contributed by atoms with van der Waals surface area (Å²) in [6.07, 6.45) is -0.607. The normalized spacial score (nSPS) is 11.0. The van der Waals surface area contributed by atoms with Crippen molar-refractivity contribution < 1.29 is 29.7 Å². The number of benzene rings is 1. The molecule has 1 rings (SSSR count). The van der Waals surface area contributed by atoms with Gasteiger partial charge in [0.1, 0.15) is 0 Å². The summed E-state index contributed by atoms with van der Waals surface area (Å²) in [5, 5.41) is 26.9. The summed E-state index contributed by atoms with van der Waals surface area (Å²) in [5.74, 6) is -6.25. The quantitative estimate of drug-likeness (QED) is 0.663. The lowest BCUT2D eigenvalue weighted by atomic mass is 9.83. The molecule has 0 heterocycles. The summed E-state index contributed by atoms with van der Waals surface area (Å²) >= 11 is 0. The van der Waals surface area contributed by atoms with Crippen molar-refractivity contribution in [1.29, 1.82) is 0 Å². The van der Waals surface area contributed by atoms with Gasteiger partial charge in [0, 0.05) is 6.42 Å². The predicted octanol–water partition coefficient (Wildman–Crippen LogP) is 4.50. The Hall–Kier alpha value is -2.37. The van der Waals surface area contributed by atoms with Crippen LogP contribution in [0.5, 0.6) is 0 Å². The average molecular weight is 356 g/mol. The van der Waals surface area contributed by atoms with Crippen molar-refractivity contribution in [2.24, 2.45) is 5.92 Å². The van der Waals surface area contributed by atoms with Crippen LogP contribution in [0, 0.1) is 5.92 Å². The van der Waals surface area contributed by atoms with E-state index in [1.807, 2.05) is 41.5 Å². The van der Waals surface area contributed by atoms with E-state index >= 15 is 0 Å². The SMILES string of the molecule is CC.CC.CC.O=C(O)CCC(C(=O)O)C(C(=O)O)c1ccccc1. The van der Waals surface area contributed by atoms with Crippen LogP contribution in [0.4, 0.5) is 0 Å². The number of carbonyl (C=O) groups is 3. The van der Waals surface area contributed by atoms with Gasteiger partial charge >= 0.3 is 17.9 Å². The summed E-state index contributed by atoms with van der Waals surface area (Å²) < 4.78 is 0. The first kappa shape index (κ1) is 27.5. The van der Waals surface area contributed by atoms with Crippen LogP contribution in [0.25, 0.3) is 0 Å². The molecule has 0 saturated heterocycles. The Morgan fingerprint density at radius 3 is 1.56 bits per heavy atom. The molecule has 1 aromatic carbocycles. The molecule has 0 aliphatic rings. The van der Waals surface area contributed by atoms with Gasteiger partial charge < -0.3 is 15.3 Å². The summed E-state index contributed by atoms with van der Waals surface area (Å²) in [7, 11) is 0. The third-order valence-electron chi connectivity index (χ3n) is 2.81. The third kappa shape index (κ3) is 11.8. The molecule has 6 heteroatoms. The Balaban J connectivity index is -0.000000725. The number of carboxylic acids is 3. The van der Waals surface area contributed by atoms with Crippen molar-refractivity contribution in [3.63, 3.8) is 0 Å². The van der Waals surface area contributed by atoms with Crippen LogP contribution in [0.15, 0.2) is 30.3 Å². The van der Waals surface area contributed by atoms with Crippen molar-refractivity contribution >= 4 is 17.9 Å². The first-order valence-corrected chi connectivity index (χ1v) is 8.66. The lowest BCUT2D eigenvalue weighted by molar-refractivity contribution is -0.151. The van der Waals surface area contributed by atoms with E-state index in [4.69, 9.17) is 10.2 Å². The van der Waals surface area contributed by atoms with Gasteiger partial charge in [0.2, 0.25) is 0 Å². The maximum absolute atomic E-state index is 11.3. The molecule has 2 unspecified atom stereocenters. The average Bonchev–Trinajstić information content (AvgIpc) is 2.63. The van der Waals surface area contributed by atoms with Gasteiger partial charge in [-0.3, -0.25) is 14.4 Å². The lowest BCUT2D eigenvalue weighted by Gasteiger charge is -2.20. The maximum atomic E-state index is 11.3. The lowest BCUT2D eigenvalue weighted by Crippen LogP contribution is -2.28. The molecular weight excluding hydrogens is 324 g/mol. The molecule has 0 aliphatic heterocycles. The molecule has 0 aliphatic carbocycles. The van der Waals surface area contributed by atoms with Gasteiger partial charge in [0.15, 0.2) is 0 Å². The molecule has 0 spiro atoms. The van der Waals surface area contributed by atoms with Crippen LogP contribution in [0.3, 0.4) is 0 Å². The Morgan fingerprint density at radius 2 is 1.24 bits per heavy atom. The van der Waals surface area contributed by atoms with Gasteiger partial charge in [-0.15, -0.1) is 0 Å². The first-order chi connectivity index (χ1) is 11.9. The first-order valence-electron chi connectivity index (χ1n) is 8.66. The van der Waals surface area contributed by atoms with Crippen LogP contribution in [0.1, 0.15) is 65.9 Å². The number of carboxylic acid groups (broad SMARTS) is 3. The van der Waals surface area contributed by atoms with E-state index in [0.717, 1.165) is 0 Å². The van der Waals surface area contributed by atoms with E-state index in [1.165, 1.54) is 12.1 Å². The molecular formula is C19H32O6. The minimum absolute atomic E-state index is 0.226. The van der Waals surface area contributed by atoms with Crippen molar-refractivity contribution in [3.05, 3.63) is 35.9 Å². The number of hydrogen-bond acceptors (Lipinski definition) is 3. The standard InChI is InChI=1S/C13H14O6.3C2H6/c14-10(15)7-6-9(12(16)17)11(13(18)19)8-4-2-1-3-5-8;3*1-2/h1-5,9,11H,6-7H2,(H,14,15)(H,16,17)(H,18,19);3*1-2H3. The molecule has 0 amide bonds. The Kier molecular flexibility index (Phi) is 19.8. The maximum Gasteiger partial charge on any atom is 0.311 e. The topological polar surface area (TPSA) is 112 Å². The highest BCUT2D eigenvalue weighted by molar-refractivity contribution is 5.84. The summed E-state index contributed by atoms with van der Waals surface area (Å²) in [5.41, 5.74) is 0.354. The van der Waals surface area contributed by atoms with Crippen LogP contribution < -0.4 is 0 Å². The highest BCUT2D eigenvalue weighted by Crippen LogP contribution is 2.29. The fourth-order valence-electron chi connectivity index (χ4n) is 1.92. The predicted molar refractivity (Wildman–Crippen MR) is 98.9 cm³/mol. The Morgan fingerprint density at radius 1 is 0.800 bits per heavy atom. The number of aliphatic carboxylic acids is 3. The van der Waals surface area contributed by atoms with Crippen molar-refractivity contribution in [3.8, 4) is 0 Å². The molecule has 0 fully saturated rings. The van der Waals surface area contributed by atoms with Crippen molar-refractivity contribution in [2.75, 3.05) is 0 Å². The summed E-state index contributed by atoms with van der Waals surface area (Å²) in [4.78, 5) is 33.0. The van der Waals surface area contributed by atoms with E-state index in [0.29, 0.717) is 5.56 Å². The third-order valence-corrected chi connectivity index (χ3v) is 2.81. The zero-order valence-corrected chi connectivity index (χ0v) is 16.0. The highest BCUT2D eigenvalue weighted by atomic mass is 16.4. The van der Waals surface area contributed by atoms with Crippen LogP contribution in [-0.2, 0) is 14.4 Å². The zero-order valence-electron chi connectivity index (χ0n) is 16.0. The molecule has 3 N–H and O–H groups in total. The Labute approximate surface area is 150 Å². The minimum Gasteiger partial charge on any atom is -0.481 e. The van der Waals surface area contributed by atoms with E-state index in [2.05, 4.69) is 0 Å². The van der Waals surface area contributed by atoms with E-state index < -0.39 is 29.7 Å². The second-order valence-electron chi connectivity index (χ2n) is 4.10. The van der Waals surface area contributed by atoms with Gasteiger partial charge in [-0.05, 0) is 12.0 Å². The van der Waals surface area contributed by atoms with Gasteiger partial charge in [0.25, 0.3) is 0 Å². The van der Waals surface area contributed by atoms with Crippen molar-refractivity contribution in [1.82, 2.24) is 0 Å². The van der Waals surface area contributed by atoms with Crippen LogP contribution >= 0.6 is 0 Å².